The van der Waals surface area contributed by atoms with Gasteiger partial charge in [-0.1, -0.05) is 12.1 Å². The van der Waals surface area contributed by atoms with Gasteiger partial charge in [-0.05, 0) is 24.3 Å². The summed E-state index contributed by atoms with van der Waals surface area (Å²) in [5, 5.41) is 26.2. The number of carbonyl (C=O) groups is 1. The molecule has 31 heavy (non-hydrogen) atoms. The van der Waals surface area contributed by atoms with Crippen LogP contribution in [0.25, 0.3) is 16.9 Å². The average Bonchev–Trinajstić information content (AvgIpc) is 3.26. The van der Waals surface area contributed by atoms with Crippen molar-refractivity contribution in [3.05, 3.63) is 70.5 Å². The van der Waals surface area contributed by atoms with E-state index in [4.69, 9.17) is 9.47 Å². The summed E-state index contributed by atoms with van der Waals surface area (Å²) in [6.45, 7) is 0. The van der Waals surface area contributed by atoms with Crippen LogP contribution in [0.5, 0.6) is 11.5 Å². The van der Waals surface area contributed by atoms with Gasteiger partial charge in [0.25, 0.3) is 11.6 Å². The highest BCUT2D eigenvalue weighted by Gasteiger charge is 2.24. The number of carbonyl (C=O) groups excluding carboxylic acids is 1. The fourth-order valence-corrected chi connectivity index (χ4v) is 3.01. The van der Waals surface area contributed by atoms with Crippen molar-refractivity contribution in [2.24, 2.45) is 0 Å². The van der Waals surface area contributed by atoms with Crippen molar-refractivity contribution in [2.75, 3.05) is 19.5 Å². The first kappa shape index (κ1) is 19.8. The van der Waals surface area contributed by atoms with Gasteiger partial charge in [0.15, 0.2) is 17.1 Å². The molecule has 0 aliphatic carbocycles. The average molecular weight is 420 g/mol. The maximum absolute atomic E-state index is 12.7. The zero-order valence-electron chi connectivity index (χ0n) is 16.5. The number of amides is 1. The molecule has 2 aromatic carbocycles. The van der Waals surface area contributed by atoms with E-state index in [-0.39, 0.29) is 17.1 Å². The highest BCUT2D eigenvalue weighted by Crippen LogP contribution is 2.35. The fraction of sp³-hybridized carbons (Fsp3) is 0.100. The number of methoxy groups -OCH3 is 2. The van der Waals surface area contributed by atoms with Crippen LogP contribution >= 0.6 is 0 Å². The Labute approximate surface area is 175 Å². The zero-order chi connectivity index (χ0) is 22.0. The maximum Gasteiger partial charge on any atom is 0.286 e. The highest BCUT2D eigenvalue weighted by atomic mass is 16.6. The minimum atomic E-state index is -0.649. The predicted octanol–water partition coefficient (Wildman–Crippen LogP) is 2.97. The van der Waals surface area contributed by atoms with Gasteiger partial charge >= 0.3 is 0 Å². The second-order valence-electron chi connectivity index (χ2n) is 6.37. The number of anilines is 1. The van der Waals surface area contributed by atoms with Crippen LogP contribution in [-0.4, -0.2) is 44.9 Å². The normalized spacial score (nSPS) is 10.6. The molecule has 0 spiro atoms. The monoisotopic (exact) mass is 420 g/mol. The molecule has 11 heteroatoms. The SMILES string of the molecule is COc1cc(C(=O)Nc2ccc(-c3ccc4nncn4n3)cc2)c([N+](=O)[O-])cc1OC. The van der Waals surface area contributed by atoms with E-state index < -0.39 is 16.5 Å². The van der Waals surface area contributed by atoms with Crippen LogP contribution in [0.3, 0.4) is 0 Å². The summed E-state index contributed by atoms with van der Waals surface area (Å²) < 4.78 is 11.8. The molecule has 0 radical (unpaired) electrons. The van der Waals surface area contributed by atoms with Crippen LogP contribution in [0, 0.1) is 10.1 Å². The van der Waals surface area contributed by atoms with Crippen LogP contribution in [0.2, 0.25) is 0 Å². The van der Waals surface area contributed by atoms with Gasteiger partial charge in [0.1, 0.15) is 11.9 Å². The van der Waals surface area contributed by atoms with E-state index in [1.165, 1.54) is 26.6 Å². The Morgan fingerprint density at radius 2 is 1.77 bits per heavy atom. The van der Waals surface area contributed by atoms with Gasteiger partial charge < -0.3 is 14.8 Å². The van der Waals surface area contributed by atoms with Crippen molar-refractivity contribution < 1.29 is 19.2 Å². The molecule has 0 aliphatic rings. The lowest BCUT2D eigenvalue weighted by molar-refractivity contribution is -0.385. The molecule has 11 nitrogen and oxygen atoms in total. The molecule has 0 bridgehead atoms. The number of fused-ring (bicyclic) bond motifs is 1. The van der Waals surface area contributed by atoms with Gasteiger partial charge in [0, 0.05) is 17.3 Å². The van der Waals surface area contributed by atoms with E-state index in [0.29, 0.717) is 17.0 Å². The van der Waals surface area contributed by atoms with Crippen molar-refractivity contribution in [3.63, 3.8) is 0 Å². The summed E-state index contributed by atoms with van der Waals surface area (Å²) >= 11 is 0. The van der Waals surface area contributed by atoms with Gasteiger partial charge in [0.2, 0.25) is 0 Å². The van der Waals surface area contributed by atoms with E-state index in [0.717, 1.165) is 11.6 Å². The topological polar surface area (TPSA) is 134 Å². The minimum absolute atomic E-state index is 0.147. The number of nitro benzene ring substituents is 1. The number of hydrogen-bond acceptors (Lipinski definition) is 8. The van der Waals surface area contributed by atoms with Gasteiger partial charge in [-0.25, -0.2) is 0 Å². The van der Waals surface area contributed by atoms with Crippen molar-refractivity contribution in [1.29, 1.82) is 0 Å². The quantitative estimate of drug-likeness (QED) is 0.372. The largest absolute Gasteiger partial charge is 0.493 e. The van der Waals surface area contributed by atoms with Gasteiger partial charge in [0.05, 0.1) is 30.9 Å². The summed E-state index contributed by atoms with van der Waals surface area (Å²) in [6, 6.07) is 12.9. The lowest BCUT2D eigenvalue weighted by Gasteiger charge is -2.11. The highest BCUT2D eigenvalue weighted by molar-refractivity contribution is 6.07. The first-order chi connectivity index (χ1) is 15.0. The van der Waals surface area contributed by atoms with Crippen molar-refractivity contribution >= 4 is 22.9 Å². The lowest BCUT2D eigenvalue weighted by Crippen LogP contribution is -2.14. The fourth-order valence-electron chi connectivity index (χ4n) is 3.01. The number of nitrogens with zero attached hydrogens (tertiary/aromatic N) is 5. The minimum Gasteiger partial charge on any atom is -0.493 e. The number of benzene rings is 2. The summed E-state index contributed by atoms with van der Waals surface area (Å²) in [4.78, 5) is 23.5. The molecule has 0 fully saturated rings. The van der Waals surface area contributed by atoms with E-state index in [1.54, 1.807) is 34.8 Å². The molecule has 4 rings (SSSR count). The first-order valence-electron chi connectivity index (χ1n) is 8.99. The molecule has 2 aromatic heterocycles. The Kier molecular flexibility index (Phi) is 5.14. The van der Waals surface area contributed by atoms with E-state index in [1.807, 2.05) is 6.07 Å². The molecule has 1 N–H and O–H groups in total. The Morgan fingerprint density at radius 1 is 1.06 bits per heavy atom. The molecule has 0 atom stereocenters. The van der Waals surface area contributed by atoms with Crippen LogP contribution in [0.4, 0.5) is 11.4 Å². The van der Waals surface area contributed by atoms with Gasteiger partial charge in [-0.3, -0.25) is 14.9 Å². The molecule has 0 aliphatic heterocycles. The third-order valence-electron chi connectivity index (χ3n) is 4.54. The van der Waals surface area contributed by atoms with Crippen LogP contribution in [0.15, 0.2) is 54.9 Å². The summed E-state index contributed by atoms with van der Waals surface area (Å²) in [5.41, 5.74) is 2.06. The molecule has 0 saturated heterocycles. The molecule has 156 valence electrons. The van der Waals surface area contributed by atoms with E-state index in [9.17, 15) is 14.9 Å². The molecule has 0 unspecified atom stereocenters. The van der Waals surface area contributed by atoms with Gasteiger partial charge in [-0.2, -0.15) is 9.61 Å². The molecule has 2 heterocycles. The maximum atomic E-state index is 12.7. The van der Waals surface area contributed by atoms with Crippen molar-refractivity contribution in [3.8, 4) is 22.8 Å². The predicted molar refractivity (Wildman–Crippen MR) is 110 cm³/mol. The number of hydrogen-bond donors (Lipinski definition) is 1. The van der Waals surface area contributed by atoms with Crippen LogP contribution < -0.4 is 14.8 Å². The second kappa shape index (κ2) is 8.06. The van der Waals surface area contributed by atoms with Crippen molar-refractivity contribution in [1.82, 2.24) is 19.8 Å². The number of ether oxygens (including phenoxy) is 2. The van der Waals surface area contributed by atoms with Gasteiger partial charge in [-0.15, -0.1) is 10.2 Å². The standard InChI is InChI=1S/C20H16N6O5/c1-30-17-9-14(16(26(28)29)10-18(17)31-2)20(27)22-13-5-3-12(4-6-13)15-7-8-19-23-21-11-25(19)24-15/h3-11H,1-2H3,(H,22,27). The Balaban J connectivity index is 1.59. The number of rotatable bonds is 6. The smallest absolute Gasteiger partial charge is 0.286 e. The summed E-state index contributed by atoms with van der Waals surface area (Å²) in [5.74, 6) is -0.277. The Bertz CT molecular complexity index is 1290. The molecule has 4 aromatic rings. The molecule has 0 saturated carbocycles. The zero-order valence-corrected chi connectivity index (χ0v) is 16.5. The first-order valence-corrected chi connectivity index (χ1v) is 8.99. The number of nitro groups is 1. The third kappa shape index (κ3) is 3.83. The van der Waals surface area contributed by atoms with Crippen LogP contribution in [0.1, 0.15) is 10.4 Å². The molecular weight excluding hydrogens is 404 g/mol. The lowest BCUT2D eigenvalue weighted by atomic mass is 10.1. The second-order valence-corrected chi connectivity index (χ2v) is 6.37. The van der Waals surface area contributed by atoms with E-state index in [2.05, 4.69) is 20.6 Å². The Hall–Kier alpha value is -4.54. The molecular formula is C20H16N6O5. The third-order valence-corrected chi connectivity index (χ3v) is 4.54. The number of nitrogens with one attached hydrogen (secondary N) is 1. The van der Waals surface area contributed by atoms with Crippen LogP contribution in [-0.2, 0) is 0 Å². The van der Waals surface area contributed by atoms with Crippen molar-refractivity contribution in [2.45, 2.75) is 0 Å². The summed E-state index contributed by atoms with van der Waals surface area (Å²) in [7, 11) is 2.74. The summed E-state index contributed by atoms with van der Waals surface area (Å²) in [6.07, 6.45) is 1.50. The molecule has 1 amide bonds. The van der Waals surface area contributed by atoms with E-state index >= 15 is 0 Å². The Morgan fingerprint density at radius 3 is 2.45 bits per heavy atom. The number of aromatic nitrogens is 4.